The number of rotatable bonds is 6. The molecule has 2 aromatic heterocycles. The number of hydrogen-bond donors (Lipinski definition) is 1. The number of aromatic nitrogens is 2. The fourth-order valence-corrected chi connectivity index (χ4v) is 2.84. The third-order valence-corrected chi connectivity index (χ3v) is 4.18. The molecule has 0 atom stereocenters. The summed E-state index contributed by atoms with van der Waals surface area (Å²) in [6.45, 7) is 6.14. The largest absolute Gasteiger partial charge is 0.419 e. The normalized spacial score (nSPS) is 15.9. The van der Waals surface area contributed by atoms with Crippen molar-refractivity contribution in [2.75, 3.05) is 19.6 Å². The minimum absolute atomic E-state index is 0.608. The maximum atomic E-state index is 5.75. The van der Waals surface area contributed by atoms with Crippen LogP contribution in [-0.2, 0) is 6.54 Å². The standard InChI is InChI=1S/C13H18N4OS/c1-2-5-17(10-7-14-8-10)9-12-15-16-13(18-12)11-4-3-6-19-11/h3-4,6,10,14H,2,5,7-9H2,1H3. The van der Waals surface area contributed by atoms with Crippen LogP contribution in [0.15, 0.2) is 21.9 Å². The van der Waals surface area contributed by atoms with Crippen LogP contribution in [0.2, 0.25) is 0 Å². The molecule has 0 aromatic carbocycles. The fourth-order valence-electron chi connectivity index (χ4n) is 2.20. The highest BCUT2D eigenvalue weighted by Crippen LogP contribution is 2.23. The van der Waals surface area contributed by atoms with Gasteiger partial charge in [0.05, 0.1) is 11.4 Å². The molecule has 102 valence electrons. The third-order valence-electron chi connectivity index (χ3n) is 3.32. The van der Waals surface area contributed by atoms with Crippen molar-refractivity contribution in [3.8, 4) is 10.8 Å². The molecule has 0 spiro atoms. The second-order valence-corrected chi connectivity index (χ2v) is 5.71. The maximum absolute atomic E-state index is 5.75. The van der Waals surface area contributed by atoms with Crippen molar-refractivity contribution in [1.29, 1.82) is 0 Å². The predicted molar refractivity (Wildman–Crippen MR) is 75.0 cm³/mol. The summed E-state index contributed by atoms with van der Waals surface area (Å²) < 4.78 is 5.75. The summed E-state index contributed by atoms with van der Waals surface area (Å²) in [6, 6.07) is 4.60. The summed E-state index contributed by atoms with van der Waals surface area (Å²) in [5.74, 6) is 1.34. The Balaban J connectivity index is 1.68. The van der Waals surface area contributed by atoms with Gasteiger partial charge in [-0.3, -0.25) is 4.90 Å². The van der Waals surface area contributed by atoms with Gasteiger partial charge in [0.1, 0.15) is 0 Å². The van der Waals surface area contributed by atoms with E-state index < -0.39 is 0 Å². The van der Waals surface area contributed by atoms with E-state index in [-0.39, 0.29) is 0 Å². The Kier molecular flexibility index (Phi) is 3.91. The highest BCUT2D eigenvalue weighted by molar-refractivity contribution is 7.13. The van der Waals surface area contributed by atoms with Crippen LogP contribution in [0, 0.1) is 0 Å². The molecule has 0 radical (unpaired) electrons. The van der Waals surface area contributed by atoms with Crippen molar-refractivity contribution in [3.63, 3.8) is 0 Å². The van der Waals surface area contributed by atoms with Crippen LogP contribution in [0.25, 0.3) is 10.8 Å². The van der Waals surface area contributed by atoms with Gasteiger partial charge >= 0.3 is 0 Å². The van der Waals surface area contributed by atoms with Gasteiger partial charge in [-0.25, -0.2) is 0 Å². The quantitative estimate of drug-likeness (QED) is 0.875. The molecule has 19 heavy (non-hydrogen) atoms. The molecule has 6 heteroatoms. The average molecular weight is 278 g/mol. The Hall–Kier alpha value is -1.24. The fraction of sp³-hybridized carbons (Fsp3) is 0.538. The van der Waals surface area contributed by atoms with Crippen molar-refractivity contribution in [2.24, 2.45) is 0 Å². The highest BCUT2D eigenvalue weighted by Gasteiger charge is 2.25. The maximum Gasteiger partial charge on any atom is 0.257 e. The van der Waals surface area contributed by atoms with E-state index in [9.17, 15) is 0 Å². The SMILES string of the molecule is CCCN(Cc1nnc(-c2cccs2)o1)C1CNC1. The van der Waals surface area contributed by atoms with Crippen molar-refractivity contribution in [2.45, 2.75) is 25.9 Å². The Morgan fingerprint density at radius 1 is 1.47 bits per heavy atom. The molecule has 5 nitrogen and oxygen atoms in total. The van der Waals surface area contributed by atoms with E-state index in [4.69, 9.17) is 4.42 Å². The van der Waals surface area contributed by atoms with E-state index >= 15 is 0 Å². The molecule has 3 rings (SSSR count). The van der Waals surface area contributed by atoms with Gasteiger partial charge in [0.15, 0.2) is 0 Å². The Morgan fingerprint density at radius 2 is 2.37 bits per heavy atom. The van der Waals surface area contributed by atoms with E-state index in [1.807, 2.05) is 17.5 Å². The average Bonchev–Trinajstić information content (AvgIpc) is 2.95. The predicted octanol–water partition coefficient (Wildman–Crippen LogP) is 1.98. The lowest BCUT2D eigenvalue weighted by Crippen LogP contribution is -2.57. The molecule has 1 fully saturated rings. The first-order valence-electron chi connectivity index (χ1n) is 6.68. The number of thiophene rings is 1. The first-order valence-corrected chi connectivity index (χ1v) is 7.56. The Bertz CT molecular complexity index is 506. The monoisotopic (exact) mass is 278 g/mol. The van der Waals surface area contributed by atoms with Gasteiger partial charge in [-0.2, -0.15) is 0 Å². The van der Waals surface area contributed by atoms with Crippen LogP contribution in [0.1, 0.15) is 19.2 Å². The Labute approximate surface area is 116 Å². The topological polar surface area (TPSA) is 54.2 Å². The number of nitrogens with one attached hydrogen (secondary N) is 1. The molecule has 1 saturated heterocycles. The van der Waals surface area contributed by atoms with Gasteiger partial charge in [0, 0.05) is 19.1 Å². The van der Waals surface area contributed by atoms with Crippen molar-refractivity contribution in [3.05, 3.63) is 23.4 Å². The van der Waals surface area contributed by atoms with E-state index in [0.717, 1.165) is 37.5 Å². The second-order valence-electron chi connectivity index (χ2n) is 4.76. The molecule has 0 saturated carbocycles. The number of hydrogen-bond acceptors (Lipinski definition) is 6. The smallest absolute Gasteiger partial charge is 0.257 e. The van der Waals surface area contributed by atoms with E-state index in [1.54, 1.807) is 11.3 Å². The van der Waals surface area contributed by atoms with Crippen LogP contribution >= 0.6 is 11.3 Å². The number of nitrogens with zero attached hydrogens (tertiary/aromatic N) is 3. The van der Waals surface area contributed by atoms with Crippen molar-refractivity contribution >= 4 is 11.3 Å². The molecular weight excluding hydrogens is 260 g/mol. The zero-order valence-corrected chi connectivity index (χ0v) is 11.8. The van der Waals surface area contributed by atoms with Gasteiger partial charge in [-0.1, -0.05) is 13.0 Å². The van der Waals surface area contributed by atoms with E-state index in [2.05, 4.69) is 27.3 Å². The van der Waals surface area contributed by atoms with Gasteiger partial charge in [0.2, 0.25) is 5.89 Å². The highest BCUT2D eigenvalue weighted by atomic mass is 32.1. The summed E-state index contributed by atoms with van der Waals surface area (Å²) in [6.07, 6.45) is 1.14. The lowest BCUT2D eigenvalue weighted by Gasteiger charge is -2.37. The molecule has 0 bridgehead atoms. The molecular formula is C13H18N4OS. The van der Waals surface area contributed by atoms with Crippen LogP contribution in [0.4, 0.5) is 0 Å². The second kappa shape index (κ2) is 5.81. The lowest BCUT2D eigenvalue weighted by atomic mass is 10.1. The molecule has 3 heterocycles. The van der Waals surface area contributed by atoms with Gasteiger partial charge in [-0.05, 0) is 24.4 Å². The van der Waals surface area contributed by atoms with Gasteiger partial charge in [-0.15, -0.1) is 21.5 Å². The summed E-state index contributed by atoms with van der Waals surface area (Å²) in [5.41, 5.74) is 0. The molecule has 1 aliphatic rings. The summed E-state index contributed by atoms with van der Waals surface area (Å²) in [4.78, 5) is 3.45. The molecule has 1 N–H and O–H groups in total. The zero-order valence-electron chi connectivity index (χ0n) is 11.0. The molecule has 0 amide bonds. The first kappa shape index (κ1) is 12.8. The summed E-state index contributed by atoms with van der Waals surface area (Å²) in [7, 11) is 0. The lowest BCUT2D eigenvalue weighted by molar-refractivity contribution is 0.126. The molecule has 2 aromatic rings. The van der Waals surface area contributed by atoms with Crippen molar-refractivity contribution < 1.29 is 4.42 Å². The Morgan fingerprint density at radius 3 is 3.00 bits per heavy atom. The van der Waals surface area contributed by atoms with E-state index in [0.29, 0.717) is 17.8 Å². The van der Waals surface area contributed by atoms with Crippen LogP contribution in [-0.4, -0.2) is 40.8 Å². The summed E-state index contributed by atoms with van der Waals surface area (Å²) >= 11 is 1.62. The minimum atomic E-state index is 0.608. The summed E-state index contributed by atoms with van der Waals surface area (Å²) in [5, 5.41) is 13.6. The van der Waals surface area contributed by atoms with Crippen LogP contribution in [0.3, 0.4) is 0 Å². The van der Waals surface area contributed by atoms with E-state index in [1.165, 1.54) is 0 Å². The minimum Gasteiger partial charge on any atom is -0.419 e. The molecule has 0 unspecified atom stereocenters. The molecule has 0 aliphatic carbocycles. The first-order chi connectivity index (χ1) is 9.36. The van der Waals surface area contributed by atoms with Crippen molar-refractivity contribution in [1.82, 2.24) is 20.4 Å². The third kappa shape index (κ3) is 2.86. The molecule has 1 aliphatic heterocycles. The zero-order chi connectivity index (χ0) is 13.1. The van der Waals surface area contributed by atoms with Gasteiger partial charge < -0.3 is 9.73 Å². The van der Waals surface area contributed by atoms with Gasteiger partial charge in [0.25, 0.3) is 5.89 Å². The van der Waals surface area contributed by atoms with Crippen LogP contribution < -0.4 is 5.32 Å². The van der Waals surface area contributed by atoms with Crippen LogP contribution in [0.5, 0.6) is 0 Å².